The lowest BCUT2D eigenvalue weighted by molar-refractivity contribution is 0.401. The van der Waals surface area contributed by atoms with Gasteiger partial charge in [-0.1, -0.05) is 48.5 Å². The lowest BCUT2D eigenvalue weighted by atomic mass is 10.1. The van der Waals surface area contributed by atoms with E-state index in [4.69, 9.17) is 9.84 Å². The Balaban J connectivity index is 1.72. The van der Waals surface area contributed by atoms with Crippen LogP contribution in [0, 0.1) is 13.8 Å². The van der Waals surface area contributed by atoms with Gasteiger partial charge in [-0.15, -0.1) is 0 Å². The number of nitrogens with zero attached hydrogens (tertiary/aromatic N) is 2. The molecule has 0 aliphatic rings. The first-order chi connectivity index (χ1) is 12.6. The molecule has 0 amide bonds. The van der Waals surface area contributed by atoms with E-state index in [0.29, 0.717) is 0 Å². The van der Waals surface area contributed by atoms with Crippen LogP contribution >= 0.6 is 0 Å². The van der Waals surface area contributed by atoms with Crippen LogP contribution in [0.25, 0.3) is 0 Å². The van der Waals surface area contributed by atoms with Crippen molar-refractivity contribution in [2.45, 2.75) is 39.9 Å². The molecule has 3 aromatic rings. The molecular weight excluding hydrogens is 322 g/mol. The van der Waals surface area contributed by atoms with Gasteiger partial charge in [-0.25, -0.2) is 0 Å². The van der Waals surface area contributed by atoms with Gasteiger partial charge < -0.3 is 10.1 Å². The van der Waals surface area contributed by atoms with Crippen molar-refractivity contribution in [3.63, 3.8) is 0 Å². The minimum absolute atomic E-state index is 0.197. The van der Waals surface area contributed by atoms with Crippen LogP contribution in [-0.4, -0.2) is 16.9 Å². The molecule has 0 radical (unpaired) electrons. The topological polar surface area (TPSA) is 39.1 Å². The molecule has 1 atom stereocenters. The largest absolute Gasteiger partial charge is 0.496 e. The van der Waals surface area contributed by atoms with Crippen molar-refractivity contribution in [3.05, 3.63) is 82.7 Å². The first-order valence-corrected chi connectivity index (χ1v) is 9.03. The van der Waals surface area contributed by atoms with Gasteiger partial charge in [-0.2, -0.15) is 5.10 Å². The molecule has 4 nitrogen and oxygen atoms in total. The summed E-state index contributed by atoms with van der Waals surface area (Å²) in [4.78, 5) is 0. The Labute approximate surface area is 155 Å². The highest BCUT2D eigenvalue weighted by Crippen LogP contribution is 2.25. The average Bonchev–Trinajstić information content (AvgIpc) is 2.93. The van der Waals surface area contributed by atoms with E-state index in [1.54, 1.807) is 7.11 Å². The highest BCUT2D eigenvalue weighted by atomic mass is 16.5. The van der Waals surface area contributed by atoms with Crippen LogP contribution in [0.3, 0.4) is 0 Å². The lowest BCUT2D eigenvalue weighted by Gasteiger charge is -2.17. The van der Waals surface area contributed by atoms with E-state index in [0.717, 1.165) is 24.5 Å². The first kappa shape index (κ1) is 18.2. The second kappa shape index (κ2) is 8.19. The summed E-state index contributed by atoms with van der Waals surface area (Å²) >= 11 is 0. The van der Waals surface area contributed by atoms with Gasteiger partial charge in [0.1, 0.15) is 5.75 Å². The fraction of sp³-hybridized carbons (Fsp3) is 0.318. The van der Waals surface area contributed by atoms with Gasteiger partial charge in [0, 0.05) is 29.4 Å². The fourth-order valence-electron chi connectivity index (χ4n) is 3.29. The van der Waals surface area contributed by atoms with Crippen molar-refractivity contribution in [1.29, 1.82) is 0 Å². The van der Waals surface area contributed by atoms with E-state index >= 15 is 0 Å². The molecule has 1 N–H and O–H groups in total. The second-order valence-electron chi connectivity index (χ2n) is 6.64. The van der Waals surface area contributed by atoms with E-state index < -0.39 is 0 Å². The molecule has 0 aliphatic heterocycles. The van der Waals surface area contributed by atoms with Crippen molar-refractivity contribution in [3.8, 4) is 5.75 Å². The van der Waals surface area contributed by atoms with Crippen LogP contribution in [0.5, 0.6) is 5.75 Å². The van der Waals surface area contributed by atoms with Crippen molar-refractivity contribution >= 4 is 0 Å². The van der Waals surface area contributed by atoms with Crippen LogP contribution in [-0.2, 0) is 13.1 Å². The summed E-state index contributed by atoms with van der Waals surface area (Å²) in [5.41, 5.74) is 5.99. The van der Waals surface area contributed by atoms with Gasteiger partial charge in [0.15, 0.2) is 0 Å². The third-order valence-corrected chi connectivity index (χ3v) is 4.90. The van der Waals surface area contributed by atoms with Gasteiger partial charge in [0.25, 0.3) is 0 Å². The van der Waals surface area contributed by atoms with Crippen LogP contribution in [0.1, 0.15) is 41.0 Å². The van der Waals surface area contributed by atoms with Crippen molar-refractivity contribution in [2.75, 3.05) is 7.11 Å². The van der Waals surface area contributed by atoms with Crippen molar-refractivity contribution < 1.29 is 4.74 Å². The van der Waals surface area contributed by atoms with Gasteiger partial charge >= 0.3 is 0 Å². The second-order valence-corrected chi connectivity index (χ2v) is 6.64. The van der Waals surface area contributed by atoms with Gasteiger partial charge in [0.2, 0.25) is 0 Å². The predicted molar refractivity (Wildman–Crippen MR) is 105 cm³/mol. The molecular formula is C22H27N3O. The van der Waals surface area contributed by atoms with Crippen LogP contribution in [0.4, 0.5) is 0 Å². The first-order valence-electron chi connectivity index (χ1n) is 9.03. The molecule has 1 heterocycles. The number of para-hydroxylation sites is 1. The minimum atomic E-state index is 0.197. The number of aromatic nitrogens is 2. The Morgan fingerprint density at radius 1 is 1.04 bits per heavy atom. The molecule has 0 fully saturated rings. The average molecular weight is 349 g/mol. The summed E-state index contributed by atoms with van der Waals surface area (Å²) in [6.07, 6.45) is 0. The molecule has 0 bridgehead atoms. The number of hydrogen-bond acceptors (Lipinski definition) is 3. The Morgan fingerprint density at radius 3 is 2.46 bits per heavy atom. The van der Waals surface area contributed by atoms with Gasteiger partial charge in [0.05, 0.1) is 19.3 Å². The molecule has 0 saturated carbocycles. The maximum atomic E-state index is 5.48. The van der Waals surface area contributed by atoms with Crippen molar-refractivity contribution in [2.24, 2.45) is 0 Å². The van der Waals surface area contributed by atoms with Gasteiger partial charge in [-0.05, 0) is 32.4 Å². The minimum Gasteiger partial charge on any atom is -0.496 e. The summed E-state index contributed by atoms with van der Waals surface area (Å²) in [5.74, 6) is 0.917. The zero-order valence-corrected chi connectivity index (χ0v) is 16.0. The number of methoxy groups -OCH3 is 1. The molecule has 0 unspecified atom stereocenters. The van der Waals surface area contributed by atoms with E-state index in [2.05, 4.69) is 61.1 Å². The highest BCUT2D eigenvalue weighted by molar-refractivity contribution is 5.36. The molecule has 26 heavy (non-hydrogen) atoms. The van der Waals surface area contributed by atoms with Crippen LogP contribution in [0.2, 0.25) is 0 Å². The zero-order chi connectivity index (χ0) is 18.5. The number of aryl methyl sites for hydroxylation is 1. The Hall–Kier alpha value is -2.59. The van der Waals surface area contributed by atoms with E-state index in [9.17, 15) is 0 Å². The van der Waals surface area contributed by atoms with E-state index in [1.807, 2.05) is 24.3 Å². The zero-order valence-electron chi connectivity index (χ0n) is 16.0. The molecule has 0 aliphatic carbocycles. The number of hydrogen-bond donors (Lipinski definition) is 1. The van der Waals surface area contributed by atoms with Gasteiger partial charge in [-0.3, -0.25) is 4.68 Å². The highest BCUT2D eigenvalue weighted by Gasteiger charge is 2.15. The Morgan fingerprint density at radius 2 is 1.73 bits per heavy atom. The molecule has 0 spiro atoms. The summed E-state index contributed by atoms with van der Waals surface area (Å²) < 4.78 is 7.57. The predicted octanol–water partition coefficient (Wildman–Crippen LogP) is 4.41. The number of benzene rings is 2. The van der Waals surface area contributed by atoms with Crippen LogP contribution < -0.4 is 10.1 Å². The Kier molecular flexibility index (Phi) is 5.74. The number of ether oxygens (including phenoxy) is 1. The Bertz CT molecular complexity index is 855. The maximum Gasteiger partial charge on any atom is 0.123 e. The number of nitrogens with one attached hydrogen (secondary N) is 1. The lowest BCUT2D eigenvalue weighted by Crippen LogP contribution is -2.19. The summed E-state index contributed by atoms with van der Waals surface area (Å²) in [5, 5.41) is 8.36. The molecule has 4 heteroatoms. The van der Waals surface area contributed by atoms with Crippen molar-refractivity contribution in [1.82, 2.24) is 15.1 Å². The molecule has 136 valence electrons. The number of rotatable bonds is 7. The molecule has 1 aromatic heterocycles. The monoisotopic (exact) mass is 349 g/mol. The summed E-state index contributed by atoms with van der Waals surface area (Å²) in [7, 11) is 1.72. The standard InChI is InChI=1S/C22H27N3O/c1-16(20-12-8-9-13-22(20)26-4)23-14-21-17(2)24-25(18(21)3)15-19-10-6-5-7-11-19/h5-13,16,23H,14-15H2,1-4H3/t16-/m1/s1. The normalized spacial score (nSPS) is 12.2. The summed E-state index contributed by atoms with van der Waals surface area (Å²) in [6.45, 7) is 7.98. The maximum absolute atomic E-state index is 5.48. The summed E-state index contributed by atoms with van der Waals surface area (Å²) in [6, 6.07) is 18.8. The molecule has 0 saturated heterocycles. The van der Waals surface area contributed by atoms with E-state index in [1.165, 1.54) is 22.4 Å². The molecule has 2 aromatic carbocycles. The molecule has 3 rings (SSSR count). The third kappa shape index (κ3) is 3.97. The van der Waals surface area contributed by atoms with Crippen LogP contribution in [0.15, 0.2) is 54.6 Å². The third-order valence-electron chi connectivity index (χ3n) is 4.90. The smallest absolute Gasteiger partial charge is 0.123 e. The quantitative estimate of drug-likeness (QED) is 0.687. The fourth-order valence-corrected chi connectivity index (χ4v) is 3.29. The van der Waals surface area contributed by atoms with E-state index in [-0.39, 0.29) is 6.04 Å². The SMILES string of the molecule is COc1ccccc1[C@@H](C)NCc1c(C)nn(Cc2ccccc2)c1C.